The lowest BCUT2D eigenvalue weighted by Crippen LogP contribution is -2.25. The standard InChI is InChI=1S/C21H20N2O3S/c1-26-18-10-4-15(5-11-18)12-13-22-20(24)16-6-8-17(9-7-16)23-21(25)19-3-2-14-27-19/h2-11,14H,12-13H2,1H3,(H,22,24)(H,23,25). The highest BCUT2D eigenvalue weighted by Gasteiger charge is 2.08. The predicted octanol–water partition coefficient (Wildman–Crippen LogP) is 3.98. The molecule has 27 heavy (non-hydrogen) atoms. The molecule has 0 saturated carbocycles. The van der Waals surface area contributed by atoms with Gasteiger partial charge in [0.1, 0.15) is 5.75 Å². The second kappa shape index (κ2) is 9.00. The van der Waals surface area contributed by atoms with Gasteiger partial charge in [-0.05, 0) is 59.8 Å². The van der Waals surface area contributed by atoms with E-state index in [1.165, 1.54) is 11.3 Å². The summed E-state index contributed by atoms with van der Waals surface area (Å²) in [6.45, 7) is 0.544. The lowest BCUT2D eigenvalue weighted by molar-refractivity contribution is 0.0953. The summed E-state index contributed by atoms with van der Waals surface area (Å²) in [5, 5.41) is 7.57. The Morgan fingerprint density at radius 1 is 0.963 bits per heavy atom. The molecule has 1 aromatic heterocycles. The molecule has 0 atom stereocenters. The highest BCUT2D eigenvalue weighted by molar-refractivity contribution is 7.12. The van der Waals surface area contributed by atoms with Gasteiger partial charge in [0.25, 0.3) is 11.8 Å². The van der Waals surface area contributed by atoms with E-state index < -0.39 is 0 Å². The maximum atomic E-state index is 12.2. The van der Waals surface area contributed by atoms with Gasteiger partial charge in [0.2, 0.25) is 0 Å². The Kier molecular flexibility index (Phi) is 6.22. The van der Waals surface area contributed by atoms with Crippen LogP contribution in [0.15, 0.2) is 66.0 Å². The summed E-state index contributed by atoms with van der Waals surface area (Å²) in [5.74, 6) is 0.524. The zero-order chi connectivity index (χ0) is 19.1. The molecule has 2 amide bonds. The molecule has 0 radical (unpaired) electrons. The van der Waals surface area contributed by atoms with Gasteiger partial charge in [-0.25, -0.2) is 0 Å². The van der Waals surface area contributed by atoms with Crippen LogP contribution in [0.25, 0.3) is 0 Å². The van der Waals surface area contributed by atoms with Crippen LogP contribution in [0.2, 0.25) is 0 Å². The molecule has 2 aromatic carbocycles. The van der Waals surface area contributed by atoms with Crippen molar-refractivity contribution in [1.29, 1.82) is 0 Å². The molecule has 0 saturated heterocycles. The van der Waals surface area contributed by atoms with Crippen molar-refractivity contribution in [2.45, 2.75) is 6.42 Å². The van der Waals surface area contributed by atoms with E-state index in [1.54, 1.807) is 37.4 Å². The van der Waals surface area contributed by atoms with Crippen LogP contribution in [0.3, 0.4) is 0 Å². The van der Waals surface area contributed by atoms with Crippen molar-refractivity contribution in [3.8, 4) is 5.75 Å². The maximum absolute atomic E-state index is 12.2. The lowest BCUT2D eigenvalue weighted by Gasteiger charge is -2.08. The van der Waals surface area contributed by atoms with Gasteiger partial charge in [0.05, 0.1) is 12.0 Å². The Balaban J connectivity index is 1.49. The van der Waals surface area contributed by atoms with E-state index in [0.717, 1.165) is 17.7 Å². The SMILES string of the molecule is COc1ccc(CCNC(=O)c2ccc(NC(=O)c3cccs3)cc2)cc1. The first kappa shape index (κ1) is 18.7. The third-order valence-corrected chi connectivity index (χ3v) is 4.88. The van der Waals surface area contributed by atoms with Crippen molar-refractivity contribution in [2.24, 2.45) is 0 Å². The van der Waals surface area contributed by atoms with Crippen molar-refractivity contribution < 1.29 is 14.3 Å². The molecular formula is C21H20N2O3S. The Hall–Kier alpha value is -3.12. The minimum Gasteiger partial charge on any atom is -0.497 e. The number of methoxy groups -OCH3 is 1. The summed E-state index contributed by atoms with van der Waals surface area (Å²) < 4.78 is 5.13. The molecular weight excluding hydrogens is 360 g/mol. The molecule has 2 N–H and O–H groups in total. The second-order valence-corrected chi connectivity index (χ2v) is 6.81. The first-order valence-electron chi connectivity index (χ1n) is 8.52. The number of benzene rings is 2. The number of hydrogen-bond donors (Lipinski definition) is 2. The molecule has 0 aliphatic carbocycles. The van der Waals surface area contributed by atoms with Crippen molar-refractivity contribution >= 4 is 28.8 Å². The minimum absolute atomic E-state index is 0.139. The Bertz CT molecular complexity index is 888. The molecule has 1 heterocycles. The third kappa shape index (κ3) is 5.18. The molecule has 6 heteroatoms. The van der Waals surface area contributed by atoms with Crippen molar-refractivity contribution in [3.63, 3.8) is 0 Å². The number of anilines is 1. The number of carbonyl (C=O) groups excluding carboxylic acids is 2. The summed E-state index contributed by atoms with van der Waals surface area (Å²) in [6.07, 6.45) is 0.741. The van der Waals surface area contributed by atoms with Crippen LogP contribution in [0.5, 0.6) is 5.75 Å². The highest BCUT2D eigenvalue weighted by Crippen LogP contribution is 2.14. The van der Waals surface area contributed by atoms with Crippen LogP contribution in [-0.4, -0.2) is 25.5 Å². The number of hydrogen-bond acceptors (Lipinski definition) is 4. The van der Waals surface area contributed by atoms with Crippen molar-refractivity contribution in [2.75, 3.05) is 19.0 Å². The molecule has 0 bridgehead atoms. The predicted molar refractivity (Wildman–Crippen MR) is 108 cm³/mol. The fraction of sp³-hybridized carbons (Fsp3) is 0.143. The van der Waals surface area contributed by atoms with Crippen LogP contribution in [-0.2, 0) is 6.42 Å². The van der Waals surface area contributed by atoms with E-state index in [1.807, 2.05) is 35.7 Å². The fourth-order valence-corrected chi connectivity index (χ4v) is 3.14. The number of carbonyl (C=O) groups is 2. The average molecular weight is 380 g/mol. The second-order valence-electron chi connectivity index (χ2n) is 5.86. The smallest absolute Gasteiger partial charge is 0.265 e. The third-order valence-electron chi connectivity index (χ3n) is 4.01. The zero-order valence-electron chi connectivity index (χ0n) is 14.9. The van der Waals surface area contributed by atoms with E-state index in [9.17, 15) is 9.59 Å². The lowest BCUT2D eigenvalue weighted by atomic mass is 10.1. The van der Waals surface area contributed by atoms with Crippen LogP contribution < -0.4 is 15.4 Å². The first-order valence-corrected chi connectivity index (χ1v) is 9.40. The summed E-state index contributed by atoms with van der Waals surface area (Å²) in [7, 11) is 1.63. The topological polar surface area (TPSA) is 67.4 Å². The quantitative estimate of drug-likeness (QED) is 0.651. The van der Waals surface area contributed by atoms with Gasteiger partial charge in [-0.15, -0.1) is 11.3 Å². The molecule has 0 aliphatic heterocycles. The summed E-state index contributed by atoms with van der Waals surface area (Å²) in [5.41, 5.74) is 2.34. The van der Waals surface area contributed by atoms with Gasteiger partial charge in [-0.2, -0.15) is 0 Å². The number of rotatable bonds is 7. The maximum Gasteiger partial charge on any atom is 0.265 e. The number of amides is 2. The fourth-order valence-electron chi connectivity index (χ4n) is 2.52. The zero-order valence-corrected chi connectivity index (χ0v) is 15.7. The molecule has 0 spiro atoms. The summed E-state index contributed by atoms with van der Waals surface area (Å²) in [6, 6.07) is 18.2. The molecule has 0 fully saturated rings. The number of thiophene rings is 1. The highest BCUT2D eigenvalue weighted by atomic mass is 32.1. The van der Waals surface area contributed by atoms with Gasteiger partial charge >= 0.3 is 0 Å². The van der Waals surface area contributed by atoms with Gasteiger partial charge in [-0.3, -0.25) is 9.59 Å². The van der Waals surface area contributed by atoms with E-state index in [0.29, 0.717) is 22.7 Å². The first-order chi connectivity index (χ1) is 13.2. The van der Waals surface area contributed by atoms with Crippen LogP contribution in [0.4, 0.5) is 5.69 Å². The van der Waals surface area contributed by atoms with E-state index in [4.69, 9.17) is 4.74 Å². The van der Waals surface area contributed by atoms with Gasteiger partial charge < -0.3 is 15.4 Å². The Morgan fingerprint density at radius 2 is 1.70 bits per heavy atom. The van der Waals surface area contributed by atoms with Crippen molar-refractivity contribution in [3.05, 3.63) is 82.0 Å². The molecule has 3 aromatic rings. The van der Waals surface area contributed by atoms with Crippen LogP contribution >= 0.6 is 11.3 Å². The normalized spacial score (nSPS) is 10.3. The van der Waals surface area contributed by atoms with E-state index in [2.05, 4.69) is 10.6 Å². The monoisotopic (exact) mass is 380 g/mol. The molecule has 3 rings (SSSR count). The molecule has 5 nitrogen and oxygen atoms in total. The van der Waals surface area contributed by atoms with Gasteiger partial charge in [0.15, 0.2) is 0 Å². The average Bonchev–Trinajstić information content (AvgIpc) is 3.24. The number of nitrogens with one attached hydrogen (secondary N) is 2. The summed E-state index contributed by atoms with van der Waals surface area (Å²) >= 11 is 1.38. The number of ether oxygens (including phenoxy) is 1. The van der Waals surface area contributed by atoms with E-state index >= 15 is 0 Å². The Labute approximate surface area is 162 Å². The summed E-state index contributed by atoms with van der Waals surface area (Å²) in [4.78, 5) is 24.9. The van der Waals surface area contributed by atoms with Gasteiger partial charge in [-0.1, -0.05) is 18.2 Å². The molecule has 138 valence electrons. The largest absolute Gasteiger partial charge is 0.497 e. The molecule has 0 unspecified atom stereocenters. The van der Waals surface area contributed by atoms with Crippen molar-refractivity contribution in [1.82, 2.24) is 5.32 Å². The molecule has 0 aliphatic rings. The van der Waals surface area contributed by atoms with E-state index in [-0.39, 0.29) is 11.8 Å². The van der Waals surface area contributed by atoms with Gasteiger partial charge in [0, 0.05) is 17.8 Å². The Morgan fingerprint density at radius 3 is 2.33 bits per heavy atom. The van der Waals surface area contributed by atoms with Crippen LogP contribution in [0, 0.1) is 0 Å². The van der Waals surface area contributed by atoms with Crippen LogP contribution in [0.1, 0.15) is 25.6 Å². The minimum atomic E-state index is -0.151.